The third-order valence-electron chi connectivity index (χ3n) is 6.53. The Hall–Kier alpha value is -1.96. The molecule has 156 valence electrons. The number of hydrogen-bond donors (Lipinski definition) is 2. The summed E-state index contributed by atoms with van der Waals surface area (Å²) in [7, 11) is 0. The molecule has 0 radical (unpaired) electrons. The van der Waals surface area contributed by atoms with Crippen LogP contribution in [0, 0.1) is 17.8 Å². The zero-order valence-electron chi connectivity index (χ0n) is 16.3. The molecule has 0 aromatic rings. The predicted molar refractivity (Wildman–Crippen MR) is 99.8 cm³/mol. The first-order chi connectivity index (χ1) is 13.5. The van der Waals surface area contributed by atoms with Crippen molar-refractivity contribution in [2.24, 2.45) is 17.8 Å². The summed E-state index contributed by atoms with van der Waals surface area (Å²) in [6.07, 6.45) is 9.16. The van der Waals surface area contributed by atoms with Crippen LogP contribution < -0.4 is 5.32 Å². The molecule has 1 aliphatic heterocycles. The maximum atomic E-state index is 13.2. The largest absolute Gasteiger partial charge is 0.330 e. The summed E-state index contributed by atoms with van der Waals surface area (Å²) in [6.45, 7) is 0.396. The van der Waals surface area contributed by atoms with Crippen LogP contribution in [0.3, 0.4) is 0 Å². The third-order valence-corrected chi connectivity index (χ3v) is 6.53. The van der Waals surface area contributed by atoms with Gasteiger partial charge in [0.1, 0.15) is 6.04 Å². The molecule has 1 heterocycles. The Bertz CT molecular complexity index is 601. The minimum atomic E-state index is -0.647. The summed E-state index contributed by atoms with van der Waals surface area (Å²) in [4.78, 5) is 50.3. The Morgan fingerprint density at radius 2 is 1.75 bits per heavy atom. The number of likely N-dealkylation sites (tertiary alicyclic amines) is 1. The number of amides is 4. The molecule has 0 unspecified atom stereocenters. The molecule has 3 rings (SSSR count). The zero-order valence-corrected chi connectivity index (χ0v) is 16.3. The highest BCUT2D eigenvalue weighted by atomic mass is 16.5. The molecule has 2 saturated carbocycles. The van der Waals surface area contributed by atoms with E-state index in [1.54, 1.807) is 4.90 Å². The fourth-order valence-corrected chi connectivity index (χ4v) is 4.69. The molecule has 4 amide bonds. The lowest BCUT2D eigenvalue weighted by Crippen LogP contribution is -2.51. The van der Waals surface area contributed by atoms with Crippen molar-refractivity contribution in [2.45, 2.75) is 70.3 Å². The van der Waals surface area contributed by atoms with E-state index in [-0.39, 0.29) is 24.3 Å². The summed E-state index contributed by atoms with van der Waals surface area (Å²) in [5.74, 6) is -1.06. The van der Waals surface area contributed by atoms with Gasteiger partial charge in [0.25, 0.3) is 0 Å². The van der Waals surface area contributed by atoms with Crippen molar-refractivity contribution in [1.29, 1.82) is 0 Å². The van der Waals surface area contributed by atoms with Crippen molar-refractivity contribution < 1.29 is 24.4 Å². The molecule has 0 aromatic carbocycles. The first-order valence-electron chi connectivity index (χ1n) is 10.6. The summed E-state index contributed by atoms with van der Waals surface area (Å²) in [5, 5.41) is 12.7. The quantitative estimate of drug-likeness (QED) is 0.281. The fraction of sp³-hybridized carbons (Fsp3) is 0.800. The number of rotatable bonds is 8. The van der Waals surface area contributed by atoms with E-state index in [2.05, 4.69) is 5.32 Å². The van der Waals surface area contributed by atoms with Crippen LogP contribution in [0.2, 0.25) is 0 Å². The highest BCUT2D eigenvalue weighted by molar-refractivity contribution is 6.00. The van der Waals surface area contributed by atoms with Crippen LogP contribution in [0.15, 0.2) is 0 Å². The maximum absolute atomic E-state index is 13.2. The van der Waals surface area contributed by atoms with Crippen molar-refractivity contribution in [3.8, 4) is 0 Å². The van der Waals surface area contributed by atoms with Crippen LogP contribution in [-0.2, 0) is 19.2 Å². The van der Waals surface area contributed by atoms with Gasteiger partial charge < -0.3 is 4.90 Å². The van der Waals surface area contributed by atoms with Gasteiger partial charge in [0.05, 0.1) is 12.5 Å². The molecule has 28 heavy (non-hydrogen) atoms. The molecule has 8 heteroatoms. The minimum Gasteiger partial charge on any atom is -0.330 e. The van der Waals surface area contributed by atoms with Gasteiger partial charge in [-0.1, -0.05) is 32.1 Å². The van der Waals surface area contributed by atoms with Gasteiger partial charge in [-0.25, -0.2) is 5.06 Å². The number of carbonyl (C=O) groups is 4. The zero-order chi connectivity index (χ0) is 20.1. The first kappa shape index (κ1) is 20.8. The Kier molecular flexibility index (Phi) is 7.04. The molecular formula is C20H31N3O5. The number of nitrogens with zero attached hydrogens (tertiary/aromatic N) is 2. The fourth-order valence-electron chi connectivity index (χ4n) is 4.69. The molecule has 3 fully saturated rings. The van der Waals surface area contributed by atoms with E-state index in [0.29, 0.717) is 43.2 Å². The van der Waals surface area contributed by atoms with E-state index < -0.39 is 17.9 Å². The number of imide groups is 1. The summed E-state index contributed by atoms with van der Waals surface area (Å²) in [5.41, 5.74) is 0. The van der Waals surface area contributed by atoms with Gasteiger partial charge in [0.2, 0.25) is 24.1 Å². The monoisotopic (exact) mass is 393 g/mol. The highest BCUT2D eigenvalue weighted by Crippen LogP contribution is 2.32. The molecule has 2 aliphatic carbocycles. The van der Waals surface area contributed by atoms with Gasteiger partial charge in [-0.3, -0.25) is 29.7 Å². The van der Waals surface area contributed by atoms with Gasteiger partial charge in [-0.2, -0.15) is 0 Å². The second-order valence-electron chi connectivity index (χ2n) is 8.48. The third kappa shape index (κ3) is 4.90. The number of nitrogens with one attached hydrogen (secondary N) is 1. The lowest BCUT2D eigenvalue weighted by Gasteiger charge is -2.31. The topological polar surface area (TPSA) is 107 Å². The normalized spacial score (nSPS) is 23.9. The summed E-state index contributed by atoms with van der Waals surface area (Å²) >= 11 is 0. The second-order valence-corrected chi connectivity index (χ2v) is 8.48. The number of hydroxylamine groups is 2. The van der Waals surface area contributed by atoms with E-state index in [0.717, 1.165) is 44.9 Å². The predicted octanol–water partition coefficient (Wildman–Crippen LogP) is 1.46. The van der Waals surface area contributed by atoms with Gasteiger partial charge in [-0.05, 0) is 38.0 Å². The molecule has 0 bridgehead atoms. The average Bonchev–Trinajstić information content (AvgIpc) is 3.30. The van der Waals surface area contributed by atoms with Gasteiger partial charge in [0.15, 0.2) is 0 Å². The Morgan fingerprint density at radius 1 is 1.04 bits per heavy atom. The smallest absolute Gasteiger partial charge is 0.249 e. The van der Waals surface area contributed by atoms with E-state index >= 15 is 0 Å². The van der Waals surface area contributed by atoms with Crippen LogP contribution in [-0.4, -0.2) is 58.4 Å². The lowest BCUT2D eigenvalue weighted by molar-refractivity contribution is -0.158. The summed E-state index contributed by atoms with van der Waals surface area (Å²) < 4.78 is 0. The van der Waals surface area contributed by atoms with Crippen LogP contribution in [0.25, 0.3) is 0 Å². The highest BCUT2D eigenvalue weighted by Gasteiger charge is 2.39. The number of hydrogen-bond acceptors (Lipinski definition) is 5. The molecule has 8 nitrogen and oxygen atoms in total. The number of carbonyl (C=O) groups excluding carboxylic acids is 4. The first-order valence-corrected chi connectivity index (χ1v) is 10.6. The van der Waals surface area contributed by atoms with Crippen molar-refractivity contribution >= 4 is 24.1 Å². The molecule has 2 N–H and O–H groups in total. The standard InChI is InChI=1S/C20H31N3O5/c24-13-22(28)12-16(11-14-5-1-2-6-14)20(27)23-10-4-9-17(23)19(26)21-18(25)15-7-3-8-15/h13-17,28H,1-12H2,(H,21,25,26)/t16-,17+/m1/s1. The Morgan fingerprint density at radius 3 is 2.36 bits per heavy atom. The molecule has 1 saturated heterocycles. The van der Waals surface area contributed by atoms with Crippen LogP contribution in [0.4, 0.5) is 0 Å². The van der Waals surface area contributed by atoms with Gasteiger partial charge in [-0.15, -0.1) is 0 Å². The van der Waals surface area contributed by atoms with E-state index in [4.69, 9.17) is 0 Å². The van der Waals surface area contributed by atoms with E-state index in [9.17, 15) is 24.4 Å². The Balaban J connectivity index is 1.64. The molecule has 0 aromatic heterocycles. The van der Waals surface area contributed by atoms with Crippen LogP contribution in [0.1, 0.15) is 64.2 Å². The summed E-state index contributed by atoms with van der Waals surface area (Å²) in [6, 6.07) is -0.647. The van der Waals surface area contributed by atoms with Gasteiger partial charge >= 0.3 is 0 Å². The van der Waals surface area contributed by atoms with Gasteiger partial charge in [0, 0.05) is 12.5 Å². The molecule has 3 aliphatic rings. The molecule has 2 atom stereocenters. The molecule has 0 spiro atoms. The van der Waals surface area contributed by atoms with Crippen LogP contribution >= 0.6 is 0 Å². The van der Waals surface area contributed by atoms with Crippen molar-refractivity contribution in [3.63, 3.8) is 0 Å². The van der Waals surface area contributed by atoms with E-state index in [1.807, 2.05) is 0 Å². The van der Waals surface area contributed by atoms with E-state index in [1.165, 1.54) is 0 Å². The Labute approximate surface area is 165 Å². The SMILES string of the molecule is O=CN(O)C[C@@H](CC1CCCC1)C(=O)N1CCC[C@H]1C(=O)NC(=O)C1CCC1. The lowest BCUT2D eigenvalue weighted by atomic mass is 9.85. The second kappa shape index (κ2) is 9.49. The van der Waals surface area contributed by atoms with Crippen molar-refractivity contribution in [1.82, 2.24) is 15.3 Å². The van der Waals surface area contributed by atoms with Crippen LogP contribution in [0.5, 0.6) is 0 Å². The maximum Gasteiger partial charge on any atom is 0.249 e. The minimum absolute atomic E-state index is 0.0648. The van der Waals surface area contributed by atoms with Crippen molar-refractivity contribution in [2.75, 3.05) is 13.1 Å². The average molecular weight is 393 g/mol. The van der Waals surface area contributed by atoms with Crippen molar-refractivity contribution in [3.05, 3.63) is 0 Å². The molecular weight excluding hydrogens is 362 g/mol.